The minimum Gasteiger partial charge on any atom is -0.349 e. The fourth-order valence-corrected chi connectivity index (χ4v) is 2.94. The third kappa shape index (κ3) is 3.65. The zero-order valence-corrected chi connectivity index (χ0v) is 13.5. The molecule has 1 aromatic carbocycles. The molecule has 1 atom stereocenters. The van der Waals surface area contributed by atoms with Gasteiger partial charge in [0.15, 0.2) is 0 Å². The van der Waals surface area contributed by atoms with Crippen molar-refractivity contribution in [1.29, 1.82) is 0 Å². The summed E-state index contributed by atoms with van der Waals surface area (Å²) in [6.07, 6.45) is 2.24. The molecule has 0 spiro atoms. The van der Waals surface area contributed by atoms with E-state index in [-0.39, 0.29) is 11.9 Å². The lowest BCUT2D eigenvalue weighted by molar-refractivity contribution is -0.119. The van der Waals surface area contributed by atoms with E-state index in [1.54, 1.807) is 0 Å². The van der Waals surface area contributed by atoms with Crippen LogP contribution in [0.15, 0.2) is 29.4 Å². The van der Waals surface area contributed by atoms with Crippen LogP contribution in [0.3, 0.4) is 0 Å². The topological polar surface area (TPSA) is 72.7 Å². The molecular weight excluding hydrogens is 298 g/mol. The molecule has 1 aromatic heterocycles. The molecule has 22 heavy (non-hydrogen) atoms. The van der Waals surface area contributed by atoms with Crippen molar-refractivity contribution < 1.29 is 4.79 Å². The first kappa shape index (κ1) is 15.0. The number of aromatic nitrogens is 4. The lowest BCUT2D eigenvalue weighted by Crippen LogP contribution is -2.28. The zero-order valence-electron chi connectivity index (χ0n) is 12.7. The third-order valence-electron chi connectivity index (χ3n) is 3.64. The zero-order chi connectivity index (χ0) is 15.5. The van der Waals surface area contributed by atoms with Crippen molar-refractivity contribution in [3.63, 3.8) is 0 Å². The Labute approximate surface area is 133 Å². The van der Waals surface area contributed by atoms with E-state index in [9.17, 15) is 4.79 Å². The molecule has 0 aliphatic heterocycles. The predicted molar refractivity (Wildman–Crippen MR) is 84.5 cm³/mol. The number of carbonyl (C=O) groups is 1. The number of carbonyl (C=O) groups excluding carboxylic acids is 1. The van der Waals surface area contributed by atoms with Crippen molar-refractivity contribution >= 4 is 17.7 Å². The first-order chi connectivity index (χ1) is 10.6. The molecule has 1 amide bonds. The van der Waals surface area contributed by atoms with Gasteiger partial charge in [-0.3, -0.25) is 4.79 Å². The average molecular weight is 317 g/mol. The van der Waals surface area contributed by atoms with Crippen molar-refractivity contribution in [3.05, 3.63) is 35.4 Å². The molecule has 116 valence electrons. The maximum absolute atomic E-state index is 12.1. The van der Waals surface area contributed by atoms with Gasteiger partial charge < -0.3 is 5.32 Å². The highest BCUT2D eigenvalue weighted by molar-refractivity contribution is 7.99. The first-order valence-electron chi connectivity index (χ1n) is 7.40. The summed E-state index contributed by atoms with van der Waals surface area (Å²) in [5.41, 5.74) is 2.32. The van der Waals surface area contributed by atoms with Crippen LogP contribution in [0.1, 0.15) is 43.0 Å². The van der Waals surface area contributed by atoms with Gasteiger partial charge in [0.2, 0.25) is 11.1 Å². The molecule has 1 heterocycles. The van der Waals surface area contributed by atoms with Crippen LogP contribution in [0.25, 0.3) is 0 Å². The Morgan fingerprint density at radius 3 is 2.82 bits per heavy atom. The van der Waals surface area contributed by atoms with E-state index in [4.69, 9.17) is 0 Å². The van der Waals surface area contributed by atoms with Crippen LogP contribution in [0.2, 0.25) is 0 Å². The highest BCUT2D eigenvalue weighted by Crippen LogP contribution is 2.36. The number of thioether (sulfide) groups is 1. The van der Waals surface area contributed by atoms with Gasteiger partial charge in [-0.05, 0) is 42.7 Å². The van der Waals surface area contributed by atoms with E-state index in [0.29, 0.717) is 11.8 Å². The second-order valence-electron chi connectivity index (χ2n) is 5.63. The monoisotopic (exact) mass is 317 g/mol. The number of hydrogen-bond acceptors (Lipinski definition) is 5. The van der Waals surface area contributed by atoms with Crippen molar-refractivity contribution in [1.82, 2.24) is 25.5 Å². The lowest BCUT2D eigenvalue weighted by Gasteiger charge is -2.14. The summed E-state index contributed by atoms with van der Waals surface area (Å²) in [5.74, 6) is 0.312. The van der Waals surface area contributed by atoms with E-state index >= 15 is 0 Å². The number of nitrogens with one attached hydrogen (secondary N) is 1. The molecule has 2 aromatic rings. The third-order valence-corrected chi connectivity index (χ3v) is 4.58. The van der Waals surface area contributed by atoms with Gasteiger partial charge in [-0.1, -0.05) is 41.6 Å². The molecule has 1 saturated carbocycles. The van der Waals surface area contributed by atoms with Crippen LogP contribution in [0.5, 0.6) is 0 Å². The van der Waals surface area contributed by atoms with Gasteiger partial charge in [-0.15, -0.1) is 5.10 Å². The van der Waals surface area contributed by atoms with E-state index in [1.165, 1.54) is 17.3 Å². The van der Waals surface area contributed by atoms with Crippen molar-refractivity contribution in [3.8, 4) is 0 Å². The van der Waals surface area contributed by atoms with Gasteiger partial charge >= 0.3 is 0 Å². The first-order valence-corrected chi connectivity index (χ1v) is 8.38. The van der Waals surface area contributed by atoms with E-state index in [1.807, 2.05) is 30.7 Å². The Hall–Kier alpha value is -1.89. The molecule has 7 heteroatoms. The van der Waals surface area contributed by atoms with Crippen molar-refractivity contribution in [2.75, 3.05) is 5.75 Å². The van der Waals surface area contributed by atoms with Gasteiger partial charge in [0.05, 0.1) is 17.8 Å². The molecule has 1 aliphatic rings. The molecule has 0 radical (unpaired) electrons. The molecule has 3 rings (SSSR count). The van der Waals surface area contributed by atoms with E-state index < -0.39 is 0 Å². The number of aryl methyl sites for hydroxylation is 1. The fraction of sp³-hybridized carbons (Fsp3) is 0.467. The second-order valence-corrected chi connectivity index (χ2v) is 6.57. The molecule has 6 nitrogen and oxygen atoms in total. The largest absolute Gasteiger partial charge is 0.349 e. The Morgan fingerprint density at radius 1 is 1.41 bits per heavy atom. The quantitative estimate of drug-likeness (QED) is 0.828. The van der Waals surface area contributed by atoms with Crippen LogP contribution in [0, 0.1) is 6.92 Å². The number of hydrogen-bond donors (Lipinski definition) is 1. The number of amides is 1. The Morgan fingerprint density at radius 2 is 2.14 bits per heavy atom. The van der Waals surface area contributed by atoms with Gasteiger partial charge in [0.25, 0.3) is 0 Å². The van der Waals surface area contributed by atoms with Gasteiger partial charge in [-0.2, -0.15) is 0 Å². The summed E-state index contributed by atoms with van der Waals surface area (Å²) in [6.45, 7) is 4.04. The van der Waals surface area contributed by atoms with Gasteiger partial charge in [0.1, 0.15) is 0 Å². The number of rotatable bonds is 6. The SMILES string of the molecule is Cc1ccc(C(C)NC(=O)CSc2nnnn2C2CC2)cc1. The maximum Gasteiger partial charge on any atom is 0.230 e. The molecule has 1 aliphatic carbocycles. The van der Waals surface area contributed by atoms with E-state index in [2.05, 4.69) is 33.0 Å². The molecule has 0 bridgehead atoms. The molecular formula is C15H19N5OS. The number of nitrogens with zero attached hydrogens (tertiary/aromatic N) is 4. The van der Waals surface area contributed by atoms with E-state index in [0.717, 1.165) is 23.6 Å². The summed E-state index contributed by atoms with van der Waals surface area (Å²) in [6, 6.07) is 8.61. The Bertz CT molecular complexity index is 650. The maximum atomic E-state index is 12.1. The number of tetrazole rings is 1. The average Bonchev–Trinajstić information content (AvgIpc) is 3.24. The smallest absolute Gasteiger partial charge is 0.230 e. The normalized spacial score (nSPS) is 15.5. The van der Waals surface area contributed by atoms with Crippen LogP contribution < -0.4 is 5.32 Å². The van der Waals surface area contributed by atoms with Crippen LogP contribution in [0.4, 0.5) is 0 Å². The molecule has 0 saturated heterocycles. The summed E-state index contributed by atoms with van der Waals surface area (Å²) < 4.78 is 1.82. The molecule has 1 fully saturated rings. The minimum absolute atomic E-state index is 0.00636. The number of benzene rings is 1. The Balaban J connectivity index is 1.51. The highest BCUT2D eigenvalue weighted by Gasteiger charge is 2.28. The second kappa shape index (κ2) is 6.48. The van der Waals surface area contributed by atoms with Crippen LogP contribution >= 0.6 is 11.8 Å². The summed E-state index contributed by atoms with van der Waals surface area (Å²) in [7, 11) is 0. The fourth-order valence-electron chi connectivity index (χ4n) is 2.18. The standard InChI is InChI=1S/C15H19N5OS/c1-10-3-5-12(6-4-10)11(2)16-14(21)9-22-15-17-18-19-20(15)13-7-8-13/h3-6,11,13H,7-9H2,1-2H3,(H,16,21). The summed E-state index contributed by atoms with van der Waals surface area (Å²) in [5, 5.41) is 15.4. The van der Waals surface area contributed by atoms with Gasteiger partial charge in [0, 0.05) is 0 Å². The molecule has 1 N–H and O–H groups in total. The van der Waals surface area contributed by atoms with Crippen LogP contribution in [-0.4, -0.2) is 31.9 Å². The van der Waals surface area contributed by atoms with Gasteiger partial charge in [-0.25, -0.2) is 4.68 Å². The van der Waals surface area contributed by atoms with Crippen molar-refractivity contribution in [2.24, 2.45) is 0 Å². The van der Waals surface area contributed by atoms with Crippen molar-refractivity contribution in [2.45, 2.75) is 43.9 Å². The summed E-state index contributed by atoms with van der Waals surface area (Å²) in [4.78, 5) is 12.1. The highest BCUT2D eigenvalue weighted by atomic mass is 32.2. The molecule has 1 unspecified atom stereocenters. The predicted octanol–water partition coefficient (Wildman–Crippen LogP) is 2.29. The lowest BCUT2D eigenvalue weighted by atomic mass is 10.1. The Kier molecular flexibility index (Phi) is 4.42. The van der Waals surface area contributed by atoms with Crippen LogP contribution in [-0.2, 0) is 4.79 Å². The summed E-state index contributed by atoms with van der Waals surface area (Å²) >= 11 is 1.38. The minimum atomic E-state index is -0.0107.